The van der Waals surface area contributed by atoms with Crippen LogP contribution in [-0.2, 0) is 9.54 Å². The van der Waals surface area contributed by atoms with Gasteiger partial charge < -0.3 is 5.11 Å². The van der Waals surface area contributed by atoms with Crippen LogP contribution in [0.5, 0.6) is 0 Å². The van der Waals surface area contributed by atoms with Gasteiger partial charge in [-0.05, 0) is 53.8 Å². The van der Waals surface area contributed by atoms with Crippen LogP contribution < -0.4 is 0 Å². The molecular formula is C33H34O2S3. The van der Waals surface area contributed by atoms with Crippen LogP contribution in [0.4, 0.5) is 0 Å². The fraction of sp³-hybridized carbons (Fsp3) is 0.242. The third-order valence-electron chi connectivity index (χ3n) is 6.49. The normalized spacial score (nSPS) is 12.2. The van der Waals surface area contributed by atoms with Crippen molar-refractivity contribution in [2.75, 3.05) is 5.75 Å². The van der Waals surface area contributed by atoms with Gasteiger partial charge in [0, 0.05) is 16.6 Å². The van der Waals surface area contributed by atoms with Crippen molar-refractivity contribution in [1.82, 2.24) is 0 Å². The molecular weight excluding hydrogens is 525 g/mol. The number of hydrogen-bond donors (Lipinski definition) is 1. The summed E-state index contributed by atoms with van der Waals surface area (Å²) in [6, 6.07) is 43.0. The second kappa shape index (κ2) is 15.1. The summed E-state index contributed by atoms with van der Waals surface area (Å²) in [4.78, 5) is 12.3. The van der Waals surface area contributed by atoms with E-state index in [1.54, 1.807) is 0 Å². The van der Waals surface area contributed by atoms with Crippen LogP contribution in [0, 0.1) is 0 Å². The van der Waals surface area contributed by atoms with Crippen LogP contribution in [-0.4, -0.2) is 22.1 Å². The van der Waals surface area contributed by atoms with E-state index in [0.717, 1.165) is 31.4 Å². The molecule has 196 valence electrons. The second-order valence-corrected chi connectivity index (χ2v) is 13.1. The van der Waals surface area contributed by atoms with Crippen molar-refractivity contribution in [3.8, 4) is 0 Å². The molecule has 1 atom stereocenters. The quantitative estimate of drug-likeness (QED) is 0.0893. The predicted molar refractivity (Wildman–Crippen MR) is 166 cm³/mol. The van der Waals surface area contributed by atoms with E-state index >= 15 is 0 Å². The largest absolute Gasteiger partial charge is 0.481 e. The van der Waals surface area contributed by atoms with E-state index in [0.29, 0.717) is 5.25 Å². The molecule has 0 aliphatic heterocycles. The first-order chi connectivity index (χ1) is 18.7. The number of thioether (sulfide) groups is 1. The molecule has 0 aliphatic rings. The molecule has 5 heteroatoms. The Morgan fingerprint density at radius 1 is 0.658 bits per heavy atom. The van der Waals surface area contributed by atoms with Gasteiger partial charge in [-0.2, -0.15) is 0 Å². The predicted octanol–water partition coefficient (Wildman–Crippen LogP) is 9.56. The summed E-state index contributed by atoms with van der Waals surface area (Å²) < 4.78 is -0.311. The highest BCUT2D eigenvalue weighted by molar-refractivity contribution is 8.76. The SMILES string of the molecule is O=C(O)CCCCC(CCSC(c1ccccc1)(c1ccccc1)c1ccccc1)SSc1ccccc1. The number of aliphatic carboxylic acids is 1. The lowest BCUT2D eigenvalue weighted by Gasteiger charge is -2.36. The van der Waals surface area contributed by atoms with Crippen molar-refractivity contribution >= 4 is 39.3 Å². The Labute approximate surface area is 239 Å². The smallest absolute Gasteiger partial charge is 0.303 e. The molecule has 4 aromatic rings. The van der Waals surface area contributed by atoms with Gasteiger partial charge >= 0.3 is 5.97 Å². The molecule has 0 aromatic heterocycles. The Morgan fingerprint density at radius 3 is 1.61 bits per heavy atom. The number of hydrogen-bond acceptors (Lipinski definition) is 4. The van der Waals surface area contributed by atoms with Gasteiger partial charge in [0.1, 0.15) is 0 Å². The van der Waals surface area contributed by atoms with Gasteiger partial charge in [-0.25, -0.2) is 0 Å². The first-order valence-electron chi connectivity index (χ1n) is 13.1. The summed E-state index contributed by atoms with van der Waals surface area (Å²) in [5.74, 6) is 0.284. The summed E-state index contributed by atoms with van der Waals surface area (Å²) >= 11 is 2.01. The van der Waals surface area contributed by atoms with E-state index in [-0.39, 0.29) is 11.2 Å². The summed E-state index contributed by atoms with van der Waals surface area (Å²) in [5, 5.41) is 9.52. The molecule has 0 bridgehead atoms. The van der Waals surface area contributed by atoms with Crippen molar-refractivity contribution in [3.63, 3.8) is 0 Å². The fourth-order valence-corrected chi connectivity index (χ4v) is 9.01. The molecule has 0 saturated carbocycles. The molecule has 4 rings (SSSR count). The molecule has 0 heterocycles. The molecule has 4 aromatic carbocycles. The molecule has 0 aliphatic carbocycles. The minimum Gasteiger partial charge on any atom is -0.481 e. The van der Waals surface area contributed by atoms with E-state index in [1.807, 2.05) is 39.4 Å². The number of benzene rings is 4. The number of carbonyl (C=O) groups is 1. The van der Waals surface area contributed by atoms with Crippen molar-refractivity contribution in [2.45, 2.75) is 47.0 Å². The van der Waals surface area contributed by atoms with Gasteiger partial charge in [0.2, 0.25) is 0 Å². The van der Waals surface area contributed by atoms with Crippen LogP contribution >= 0.6 is 33.3 Å². The number of unbranched alkanes of at least 4 members (excludes halogenated alkanes) is 1. The maximum atomic E-state index is 11.0. The molecule has 0 radical (unpaired) electrons. The molecule has 1 N–H and O–H groups in total. The number of rotatable bonds is 15. The zero-order valence-electron chi connectivity index (χ0n) is 21.4. The Bertz CT molecular complexity index is 1120. The van der Waals surface area contributed by atoms with Gasteiger partial charge in [0.25, 0.3) is 0 Å². The maximum absolute atomic E-state index is 11.0. The van der Waals surface area contributed by atoms with Crippen LogP contribution in [0.15, 0.2) is 126 Å². The minimum absolute atomic E-state index is 0.247. The number of carboxylic acids is 1. The molecule has 38 heavy (non-hydrogen) atoms. The van der Waals surface area contributed by atoms with Crippen LogP contribution in [0.2, 0.25) is 0 Å². The van der Waals surface area contributed by atoms with Crippen LogP contribution in [0.25, 0.3) is 0 Å². The highest BCUT2D eigenvalue weighted by atomic mass is 33.1. The summed E-state index contributed by atoms with van der Waals surface area (Å²) in [6.07, 6.45) is 3.99. The lowest BCUT2D eigenvalue weighted by Crippen LogP contribution is -2.26. The maximum Gasteiger partial charge on any atom is 0.303 e. The average Bonchev–Trinajstić information content (AvgIpc) is 2.97. The summed E-state index contributed by atoms with van der Waals surface area (Å²) in [6.45, 7) is 0. The number of carboxylic acid groups (broad SMARTS) is 1. The van der Waals surface area contributed by atoms with E-state index in [2.05, 4.69) is 115 Å². The zero-order valence-corrected chi connectivity index (χ0v) is 23.9. The van der Waals surface area contributed by atoms with Crippen molar-refractivity contribution in [2.24, 2.45) is 0 Å². The Morgan fingerprint density at radius 2 is 1.13 bits per heavy atom. The van der Waals surface area contributed by atoms with Gasteiger partial charge in [-0.3, -0.25) is 4.79 Å². The topological polar surface area (TPSA) is 37.3 Å². The van der Waals surface area contributed by atoms with Crippen molar-refractivity contribution in [1.29, 1.82) is 0 Å². The van der Waals surface area contributed by atoms with Gasteiger partial charge in [0.05, 0.1) is 4.75 Å². The first-order valence-corrected chi connectivity index (χ1v) is 16.3. The third kappa shape index (κ3) is 7.95. The van der Waals surface area contributed by atoms with E-state index < -0.39 is 5.97 Å². The van der Waals surface area contributed by atoms with Gasteiger partial charge in [0.15, 0.2) is 0 Å². The lowest BCUT2D eigenvalue weighted by molar-refractivity contribution is -0.137. The van der Waals surface area contributed by atoms with Crippen LogP contribution in [0.3, 0.4) is 0 Å². The average molecular weight is 559 g/mol. The molecule has 0 fully saturated rings. The zero-order chi connectivity index (χ0) is 26.5. The molecule has 0 saturated heterocycles. The summed E-state index contributed by atoms with van der Waals surface area (Å²) in [7, 11) is 3.76. The Kier molecular flexibility index (Phi) is 11.3. The summed E-state index contributed by atoms with van der Waals surface area (Å²) in [5.41, 5.74) is 3.85. The highest BCUT2D eigenvalue weighted by Crippen LogP contribution is 2.49. The van der Waals surface area contributed by atoms with Crippen LogP contribution in [0.1, 0.15) is 48.8 Å². The molecule has 0 spiro atoms. The van der Waals surface area contributed by atoms with Crippen molar-refractivity contribution < 1.29 is 9.90 Å². The Balaban J connectivity index is 1.56. The van der Waals surface area contributed by atoms with E-state index in [9.17, 15) is 4.79 Å². The van der Waals surface area contributed by atoms with E-state index in [1.165, 1.54) is 21.6 Å². The third-order valence-corrected chi connectivity index (χ3v) is 11.1. The Hall–Kier alpha value is -2.60. The first kappa shape index (κ1) is 28.4. The lowest BCUT2D eigenvalue weighted by atomic mass is 9.84. The van der Waals surface area contributed by atoms with E-state index in [4.69, 9.17) is 5.11 Å². The second-order valence-electron chi connectivity index (χ2n) is 9.17. The fourth-order valence-electron chi connectivity index (χ4n) is 4.60. The molecule has 0 amide bonds. The van der Waals surface area contributed by atoms with Crippen molar-refractivity contribution in [3.05, 3.63) is 138 Å². The van der Waals surface area contributed by atoms with Gasteiger partial charge in [-0.15, -0.1) is 11.8 Å². The molecule has 1 unspecified atom stereocenters. The monoisotopic (exact) mass is 558 g/mol. The minimum atomic E-state index is -0.707. The molecule has 2 nitrogen and oxygen atoms in total. The van der Waals surface area contributed by atoms with Gasteiger partial charge in [-0.1, -0.05) is 137 Å². The standard InChI is InChI=1S/C33H34O2S3/c34-32(35)24-14-13-23-31(38-37-30-21-11-4-12-22-30)25-26-36-33(27-15-5-1-6-16-27,28-17-7-2-8-18-28)29-19-9-3-10-20-29/h1-12,15-22,31H,13-14,23-26H2,(H,34,35). The highest BCUT2D eigenvalue weighted by Gasteiger charge is 2.36.